The fourth-order valence-corrected chi connectivity index (χ4v) is 1.96. The first-order chi connectivity index (χ1) is 6.13. The second kappa shape index (κ2) is 4.61. The molecule has 1 aliphatic carbocycles. The number of carbonyl (C=O) groups excluding carboxylic acids is 1. The Balaban J connectivity index is 2.28. The van der Waals surface area contributed by atoms with Crippen LogP contribution in [0.2, 0.25) is 0 Å². The Labute approximate surface area is 79.8 Å². The van der Waals surface area contributed by atoms with Gasteiger partial charge in [0.2, 0.25) is 0 Å². The molecule has 3 nitrogen and oxygen atoms in total. The SMILES string of the molecule is COC(=O)[C@H](C)NC1CCC(C)C1. The summed E-state index contributed by atoms with van der Waals surface area (Å²) in [5.41, 5.74) is 0. The normalized spacial score (nSPS) is 30.1. The van der Waals surface area contributed by atoms with Crippen molar-refractivity contribution in [2.75, 3.05) is 7.11 Å². The van der Waals surface area contributed by atoms with E-state index < -0.39 is 0 Å². The Morgan fingerprint density at radius 2 is 2.23 bits per heavy atom. The molecule has 0 amide bonds. The Kier molecular flexibility index (Phi) is 3.72. The summed E-state index contributed by atoms with van der Waals surface area (Å²) in [5, 5.41) is 3.29. The van der Waals surface area contributed by atoms with Crippen molar-refractivity contribution in [2.24, 2.45) is 5.92 Å². The van der Waals surface area contributed by atoms with E-state index in [1.54, 1.807) is 0 Å². The maximum atomic E-state index is 11.1. The largest absolute Gasteiger partial charge is 0.468 e. The molecule has 0 aromatic heterocycles. The molecule has 0 radical (unpaired) electrons. The van der Waals surface area contributed by atoms with E-state index in [0.29, 0.717) is 6.04 Å². The number of esters is 1. The Morgan fingerprint density at radius 1 is 1.54 bits per heavy atom. The summed E-state index contributed by atoms with van der Waals surface area (Å²) in [7, 11) is 1.43. The van der Waals surface area contributed by atoms with Crippen molar-refractivity contribution >= 4 is 5.97 Å². The first-order valence-electron chi connectivity index (χ1n) is 4.97. The zero-order valence-electron chi connectivity index (χ0n) is 8.67. The number of carbonyl (C=O) groups is 1. The zero-order valence-corrected chi connectivity index (χ0v) is 8.67. The van der Waals surface area contributed by atoms with E-state index in [1.807, 2.05) is 6.92 Å². The van der Waals surface area contributed by atoms with Crippen LogP contribution in [0.15, 0.2) is 0 Å². The molecule has 0 aromatic rings. The van der Waals surface area contributed by atoms with Crippen LogP contribution in [-0.4, -0.2) is 25.2 Å². The number of hydrogen-bond acceptors (Lipinski definition) is 3. The topological polar surface area (TPSA) is 38.3 Å². The quantitative estimate of drug-likeness (QED) is 0.674. The van der Waals surface area contributed by atoms with Crippen molar-refractivity contribution in [3.63, 3.8) is 0 Å². The monoisotopic (exact) mass is 185 g/mol. The van der Waals surface area contributed by atoms with Crippen LogP contribution in [0.5, 0.6) is 0 Å². The molecule has 0 aromatic carbocycles. The average Bonchev–Trinajstić information content (AvgIpc) is 2.49. The Bertz CT molecular complexity index is 182. The summed E-state index contributed by atoms with van der Waals surface area (Å²) in [4.78, 5) is 11.1. The van der Waals surface area contributed by atoms with Gasteiger partial charge in [-0.05, 0) is 32.1 Å². The van der Waals surface area contributed by atoms with E-state index in [0.717, 1.165) is 5.92 Å². The van der Waals surface area contributed by atoms with E-state index in [-0.39, 0.29) is 12.0 Å². The number of nitrogens with one attached hydrogen (secondary N) is 1. The molecule has 3 heteroatoms. The van der Waals surface area contributed by atoms with E-state index in [2.05, 4.69) is 17.0 Å². The van der Waals surface area contributed by atoms with Gasteiger partial charge in [-0.2, -0.15) is 0 Å². The number of ether oxygens (including phenoxy) is 1. The second-order valence-electron chi connectivity index (χ2n) is 4.03. The summed E-state index contributed by atoms with van der Waals surface area (Å²) in [6, 6.07) is 0.337. The molecular weight excluding hydrogens is 166 g/mol. The highest BCUT2D eigenvalue weighted by atomic mass is 16.5. The highest BCUT2D eigenvalue weighted by Crippen LogP contribution is 2.24. The van der Waals surface area contributed by atoms with Gasteiger partial charge < -0.3 is 10.1 Å². The molecule has 1 fully saturated rings. The summed E-state index contributed by atoms with van der Waals surface area (Å²) in [6.07, 6.45) is 3.63. The fourth-order valence-electron chi connectivity index (χ4n) is 1.96. The van der Waals surface area contributed by atoms with Crippen LogP contribution >= 0.6 is 0 Å². The summed E-state index contributed by atoms with van der Waals surface area (Å²) in [5.74, 6) is 0.627. The van der Waals surface area contributed by atoms with E-state index in [9.17, 15) is 4.79 Å². The molecular formula is C10H19NO2. The average molecular weight is 185 g/mol. The molecule has 1 aliphatic rings. The van der Waals surface area contributed by atoms with E-state index in [4.69, 9.17) is 0 Å². The first-order valence-corrected chi connectivity index (χ1v) is 4.97. The lowest BCUT2D eigenvalue weighted by Gasteiger charge is -2.17. The molecule has 0 bridgehead atoms. The maximum Gasteiger partial charge on any atom is 0.322 e. The molecule has 3 atom stereocenters. The second-order valence-corrected chi connectivity index (χ2v) is 4.03. The summed E-state index contributed by atoms with van der Waals surface area (Å²) >= 11 is 0. The third kappa shape index (κ3) is 2.99. The number of methoxy groups -OCH3 is 1. The smallest absolute Gasteiger partial charge is 0.322 e. The van der Waals surface area contributed by atoms with Crippen LogP contribution in [0.1, 0.15) is 33.1 Å². The van der Waals surface area contributed by atoms with Crippen molar-refractivity contribution in [1.29, 1.82) is 0 Å². The number of hydrogen-bond donors (Lipinski definition) is 1. The van der Waals surface area contributed by atoms with Gasteiger partial charge in [-0.3, -0.25) is 4.79 Å². The van der Waals surface area contributed by atoms with Gasteiger partial charge in [0, 0.05) is 6.04 Å². The third-order valence-electron chi connectivity index (χ3n) is 2.74. The summed E-state index contributed by atoms with van der Waals surface area (Å²) in [6.45, 7) is 4.11. The standard InChI is InChI=1S/C10H19NO2/c1-7-4-5-9(6-7)11-8(2)10(12)13-3/h7-9,11H,4-6H2,1-3H3/t7?,8-,9?/m0/s1. The minimum Gasteiger partial charge on any atom is -0.468 e. The van der Waals surface area contributed by atoms with Crippen LogP contribution in [0, 0.1) is 5.92 Å². The van der Waals surface area contributed by atoms with Gasteiger partial charge in [0.05, 0.1) is 7.11 Å². The van der Waals surface area contributed by atoms with Gasteiger partial charge in [-0.25, -0.2) is 0 Å². The highest BCUT2D eigenvalue weighted by Gasteiger charge is 2.24. The fraction of sp³-hybridized carbons (Fsp3) is 0.900. The van der Waals surface area contributed by atoms with Crippen molar-refractivity contribution in [1.82, 2.24) is 5.32 Å². The van der Waals surface area contributed by atoms with Gasteiger partial charge in [-0.15, -0.1) is 0 Å². The van der Waals surface area contributed by atoms with Crippen molar-refractivity contribution in [3.8, 4) is 0 Å². The van der Waals surface area contributed by atoms with Gasteiger partial charge in [0.25, 0.3) is 0 Å². The van der Waals surface area contributed by atoms with Crippen molar-refractivity contribution in [2.45, 2.75) is 45.2 Å². The lowest BCUT2D eigenvalue weighted by atomic mass is 10.1. The molecule has 1 saturated carbocycles. The van der Waals surface area contributed by atoms with Crippen LogP contribution in [0.25, 0.3) is 0 Å². The minimum atomic E-state index is -0.167. The zero-order chi connectivity index (χ0) is 9.84. The van der Waals surface area contributed by atoms with Gasteiger partial charge in [0.1, 0.15) is 6.04 Å². The molecule has 2 unspecified atom stereocenters. The third-order valence-corrected chi connectivity index (χ3v) is 2.74. The maximum absolute atomic E-state index is 11.1. The minimum absolute atomic E-state index is 0.166. The molecule has 0 aliphatic heterocycles. The van der Waals surface area contributed by atoms with E-state index in [1.165, 1.54) is 26.4 Å². The van der Waals surface area contributed by atoms with Gasteiger partial charge in [0.15, 0.2) is 0 Å². The van der Waals surface area contributed by atoms with Gasteiger partial charge >= 0.3 is 5.97 Å². The van der Waals surface area contributed by atoms with Crippen molar-refractivity contribution in [3.05, 3.63) is 0 Å². The van der Waals surface area contributed by atoms with Crippen LogP contribution in [-0.2, 0) is 9.53 Å². The lowest BCUT2D eigenvalue weighted by molar-refractivity contribution is -0.142. The molecule has 13 heavy (non-hydrogen) atoms. The first kappa shape index (κ1) is 10.5. The van der Waals surface area contributed by atoms with E-state index >= 15 is 0 Å². The molecule has 0 saturated heterocycles. The summed E-state index contributed by atoms with van der Waals surface area (Å²) < 4.78 is 4.65. The lowest BCUT2D eigenvalue weighted by Crippen LogP contribution is -2.40. The highest BCUT2D eigenvalue weighted by molar-refractivity contribution is 5.75. The Hall–Kier alpha value is -0.570. The Morgan fingerprint density at radius 3 is 2.69 bits per heavy atom. The molecule has 0 spiro atoms. The molecule has 0 heterocycles. The molecule has 76 valence electrons. The number of rotatable bonds is 3. The van der Waals surface area contributed by atoms with Crippen LogP contribution in [0.4, 0.5) is 0 Å². The van der Waals surface area contributed by atoms with Crippen molar-refractivity contribution < 1.29 is 9.53 Å². The molecule has 1 N–H and O–H groups in total. The predicted molar refractivity (Wildman–Crippen MR) is 51.4 cm³/mol. The molecule has 1 rings (SSSR count). The van der Waals surface area contributed by atoms with Gasteiger partial charge in [-0.1, -0.05) is 6.92 Å². The van der Waals surface area contributed by atoms with Crippen LogP contribution in [0.3, 0.4) is 0 Å². The predicted octanol–water partition coefficient (Wildman–Crippen LogP) is 1.33. The van der Waals surface area contributed by atoms with Crippen LogP contribution < -0.4 is 5.32 Å².